The maximum absolute atomic E-state index is 5.02. The number of aromatic nitrogens is 3. The second-order valence-electron chi connectivity index (χ2n) is 10.4. The van der Waals surface area contributed by atoms with Crippen LogP contribution >= 0.6 is 0 Å². The van der Waals surface area contributed by atoms with Gasteiger partial charge in [0.05, 0.1) is 5.56 Å². The number of hydrogen-bond donors (Lipinski definition) is 0. The standard InChI is InChI=1S/C31H29N3/c1-19(2)28-32-29(34-30(33-28)25-14-9-11-20-10-5-6-12-22(20)25)21-16-17-24-23-13-7-8-15-26(23)31(3,4)27(24)18-21/h5,7-10,13-15,18-20H,6,11-12H2,1-4H3. The van der Waals surface area contributed by atoms with E-state index in [4.69, 9.17) is 15.0 Å². The number of fused-ring (bicyclic) bond motifs is 4. The second-order valence-corrected chi connectivity index (χ2v) is 10.4. The van der Waals surface area contributed by atoms with Crippen molar-refractivity contribution in [2.24, 2.45) is 5.92 Å². The molecule has 0 spiro atoms. The molecule has 0 N–H and O–H groups in total. The molecule has 0 amide bonds. The summed E-state index contributed by atoms with van der Waals surface area (Å²) in [5, 5.41) is 0. The van der Waals surface area contributed by atoms with Crippen LogP contribution in [0, 0.1) is 18.1 Å². The highest BCUT2D eigenvalue weighted by Gasteiger charge is 2.35. The molecule has 34 heavy (non-hydrogen) atoms. The molecule has 3 heteroatoms. The van der Waals surface area contributed by atoms with Gasteiger partial charge in [0.1, 0.15) is 5.82 Å². The van der Waals surface area contributed by atoms with E-state index < -0.39 is 0 Å². The number of benzene rings is 1. The second kappa shape index (κ2) is 7.77. The summed E-state index contributed by atoms with van der Waals surface area (Å²) >= 11 is 0. The monoisotopic (exact) mass is 443 g/mol. The van der Waals surface area contributed by atoms with E-state index in [-0.39, 0.29) is 11.3 Å². The van der Waals surface area contributed by atoms with Crippen LogP contribution in [0.1, 0.15) is 75.7 Å². The lowest BCUT2D eigenvalue weighted by molar-refractivity contribution is 0.660. The van der Waals surface area contributed by atoms with Crippen LogP contribution in [-0.2, 0) is 5.41 Å². The van der Waals surface area contributed by atoms with E-state index in [2.05, 4.69) is 94.5 Å². The highest BCUT2D eigenvalue weighted by Crippen LogP contribution is 2.48. The number of allylic oxidation sites excluding steroid dienone is 6. The maximum Gasteiger partial charge on any atom is 0.172 e. The predicted molar refractivity (Wildman–Crippen MR) is 137 cm³/mol. The van der Waals surface area contributed by atoms with Crippen molar-refractivity contribution in [3.8, 4) is 22.5 Å². The SMILES string of the molecule is CC(C)c1nc(C2=C3CCC=CC3CC=C2)nc(-c2c#cc3c(c2)C(C)(C)c2ccccc2-3)n1. The van der Waals surface area contributed by atoms with Gasteiger partial charge in [-0.2, -0.15) is 0 Å². The zero-order valence-corrected chi connectivity index (χ0v) is 20.3. The first-order valence-corrected chi connectivity index (χ1v) is 12.3. The minimum Gasteiger partial charge on any atom is -0.213 e. The van der Waals surface area contributed by atoms with E-state index in [1.807, 2.05) is 0 Å². The molecule has 0 radical (unpaired) electrons. The average Bonchev–Trinajstić information content (AvgIpc) is 3.10. The van der Waals surface area contributed by atoms with Gasteiger partial charge >= 0.3 is 0 Å². The van der Waals surface area contributed by atoms with Crippen molar-refractivity contribution >= 4 is 5.57 Å². The van der Waals surface area contributed by atoms with Gasteiger partial charge in [0.15, 0.2) is 11.6 Å². The Kier molecular flexibility index (Phi) is 4.81. The lowest BCUT2D eigenvalue weighted by atomic mass is 9.81. The van der Waals surface area contributed by atoms with Crippen molar-refractivity contribution in [1.82, 2.24) is 15.0 Å². The zero-order valence-electron chi connectivity index (χ0n) is 20.3. The van der Waals surface area contributed by atoms with Gasteiger partial charge in [-0.15, -0.1) is 0 Å². The summed E-state index contributed by atoms with van der Waals surface area (Å²) in [7, 11) is 0. The van der Waals surface area contributed by atoms with Gasteiger partial charge in [-0.05, 0) is 42.0 Å². The third kappa shape index (κ3) is 3.24. The van der Waals surface area contributed by atoms with Crippen molar-refractivity contribution in [2.75, 3.05) is 0 Å². The molecule has 3 nitrogen and oxygen atoms in total. The van der Waals surface area contributed by atoms with E-state index >= 15 is 0 Å². The summed E-state index contributed by atoms with van der Waals surface area (Å²) in [6, 6.07) is 17.7. The highest BCUT2D eigenvalue weighted by molar-refractivity contribution is 5.81. The molecule has 0 fully saturated rings. The summed E-state index contributed by atoms with van der Waals surface area (Å²) in [5.74, 6) is 2.98. The van der Waals surface area contributed by atoms with Gasteiger partial charge in [0, 0.05) is 28.4 Å². The fourth-order valence-corrected chi connectivity index (χ4v) is 5.57. The lowest BCUT2D eigenvalue weighted by Crippen LogP contribution is -2.15. The van der Waals surface area contributed by atoms with Crippen LogP contribution < -0.4 is 0 Å². The van der Waals surface area contributed by atoms with Crippen LogP contribution in [0.5, 0.6) is 0 Å². The molecule has 3 aliphatic rings. The Hall–Kier alpha value is -3.51. The lowest BCUT2D eigenvalue weighted by Gasteiger charge is -2.25. The third-order valence-electron chi connectivity index (χ3n) is 7.49. The molecular weight excluding hydrogens is 414 g/mol. The Bertz CT molecular complexity index is 1390. The maximum atomic E-state index is 5.02. The van der Waals surface area contributed by atoms with Crippen molar-refractivity contribution < 1.29 is 0 Å². The molecule has 168 valence electrons. The molecule has 0 bridgehead atoms. The highest BCUT2D eigenvalue weighted by atomic mass is 15.0. The predicted octanol–water partition coefficient (Wildman–Crippen LogP) is 7.25. The summed E-state index contributed by atoms with van der Waals surface area (Å²) in [5.41, 5.74) is 8.40. The molecule has 1 aromatic heterocycles. The Balaban J connectivity index is 1.50. The van der Waals surface area contributed by atoms with Crippen LogP contribution in [0.4, 0.5) is 0 Å². The van der Waals surface area contributed by atoms with Gasteiger partial charge in [0.2, 0.25) is 0 Å². The summed E-state index contributed by atoms with van der Waals surface area (Å²) in [6.45, 7) is 8.84. The fourth-order valence-electron chi connectivity index (χ4n) is 5.57. The molecule has 6 rings (SSSR count). The van der Waals surface area contributed by atoms with Gasteiger partial charge in [-0.25, -0.2) is 15.0 Å². The molecule has 1 heterocycles. The van der Waals surface area contributed by atoms with Gasteiger partial charge < -0.3 is 0 Å². The topological polar surface area (TPSA) is 38.7 Å². The third-order valence-corrected chi connectivity index (χ3v) is 7.49. The van der Waals surface area contributed by atoms with Crippen molar-refractivity contribution in [3.05, 3.63) is 95.1 Å². The molecular formula is C31H29N3. The first kappa shape index (κ1) is 21.1. The van der Waals surface area contributed by atoms with Gasteiger partial charge in [-0.1, -0.05) is 94.0 Å². The summed E-state index contributed by atoms with van der Waals surface area (Å²) in [6.07, 6.45) is 12.3. The Labute approximate surface area is 202 Å². The fraction of sp³-hybridized carbons (Fsp3) is 0.323. The Morgan fingerprint density at radius 3 is 2.65 bits per heavy atom. The van der Waals surface area contributed by atoms with E-state index in [9.17, 15) is 0 Å². The van der Waals surface area contributed by atoms with Gasteiger partial charge in [0.25, 0.3) is 0 Å². The van der Waals surface area contributed by atoms with E-state index in [0.29, 0.717) is 11.7 Å². The molecule has 0 saturated heterocycles. The van der Waals surface area contributed by atoms with Crippen LogP contribution in [-0.4, -0.2) is 15.0 Å². The minimum atomic E-state index is -0.0959. The van der Waals surface area contributed by atoms with Crippen molar-refractivity contribution in [3.63, 3.8) is 0 Å². The van der Waals surface area contributed by atoms with Crippen LogP contribution in [0.2, 0.25) is 0 Å². The van der Waals surface area contributed by atoms with Crippen LogP contribution in [0.15, 0.2) is 60.2 Å². The number of rotatable bonds is 3. The normalized spacial score (nSPS) is 19.6. The number of hydrogen-bond acceptors (Lipinski definition) is 3. The largest absolute Gasteiger partial charge is 0.213 e. The van der Waals surface area contributed by atoms with E-state index in [1.54, 1.807) is 0 Å². The Morgan fingerprint density at radius 1 is 0.971 bits per heavy atom. The van der Waals surface area contributed by atoms with Gasteiger partial charge in [-0.3, -0.25) is 0 Å². The molecule has 2 aromatic carbocycles. The van der Waals surface area contributed by atoms with E-state index in [0.717, 1.165) is 42.0 Å². The summed E-state index contributed by atoms with van der Waals surface area (Å²) in [4.78, 5) is 14.8. The van der Waals surface area contributed by atoms with Crippen molar-refractivity contribution in [1.29, 1.82) is 0 Å². The van der Waals surface area contributed by atoms with E-state index in [1.165, 1.54) is 27.8 Å². The van der Waals surface area contributed by atoms with Crippen LogP contribution in [0.3, 0.4) is 0 Å². The molecule has 3 aromatic rings. The smallest absolute Gasteiger partial charge is 0.172 e. The quantitative estimate of drug-likeness (QED) is 0.400. The molecule has 0 aliphatic heterocycles. The van der Waals surface area contributed by atoms with Crippen LogP contribution in [0.25, 0.3) is 28.1 Å². The molecule has 1 atom stereocenters. The summed E-state index contributed by atoms with van der Waals surface area (Å²) < 4.78 is 0. The first-order valence-electron chi connectivity index (χ1n) is 12.3. The average molecular weight is 444 g/mol. The first-order chi connectivity index (χ1) is 16.4. The number of nitrogens with zero attached hydrogens (tertiary/aromatic N) is 3. The minimum absolute atomic E-state index is 0.0959. The van der Waals surface area contributed by atoms with Crippen molar-refractivity contribution in [2.45, 2.75) is 58.3 Å². The molecule has 1 unspecified atom stereocenters. The zero-order chi connectivity index (χ0) is 23.4. The Morgan fingerprint density at radius 2 is 1.79 bits per heavy atom. The molecule has 3 aliphatic carbocycles. The molecule has 0 saturated carbocycles.